The molecule has 0 aliphatic rings. The molecule has 3 N–H and O–H groups in total. The number of hydrogen-bond acceptors (Lipinski definition) is 5. The highest BCUT2D eigenvalue weighted by atomic mass is 16.5. The van der Waals surface area contributed by atoms with Gasteiger partial charge in [-0.05, 0) is 32.1 Å². The Hall–Kier alpha value is -1.40. The van der Waals surface area contributed by atoms with Crippen molar-refractivity contribution in [2.24, 2.45) is 0 Å². The maximum absolute atomic E-state index is 12.5. The zero-order valence-electron chi connectivity index (χ0n) is 53.9. The zero-order valence-corrected chi connectivity index (χ0v) is 53.9. The second-order valence-electron chi connectivity index (χ2n) is 25.3. The van der Waals surface area contributed by atoms with Gasteiger partial charge in [0, 0.05) is 12.8 Å². The van der Waals surface area contributed by atoms with E-state index in [1.807, 2.05) is 6.08 Å². The molecule has 0 aliphatic heterocycles. The minimum absolute atomic E-state index is 0.0255. The van der Waals surface area contributed by atoms with Gasteiger partial charge in [-0.1, -0.05) is 386 Å². The summed E-state index contributed by atoms with van der Waals surface area (Å²) in [6, 6.07) is -0.622. The summed E-state index contributed by atoms with van der Waals surface area (Å²) in [6.07, 6.45) is 86.1. The van der Waals surface area contributed by atoms with E-state index in [1.54, 1.807) is 6.08 Å². The number of aliphatic hydroxyl groups is 2. The third-order valence-electron chi connectivity index (χ3n) is 17.3. The molecule has 470 valence electrons. The van der Waals surface area contributed by atoms with Crippen molar-refractivity contribution >= 4 is 11.9 Å². The highest BCUT2D eigenvalue weighted by molar-refractivity contribution is 5.76. The van der Waals surface area contributed by atoms with Gasteiger partial charge in [0.2, 0.25) is 5.91 Å². The number of amides is 1. The van der Waals surface area contributed by atoms with Crippen LogP contribution in [0.15, 0.2) is 12.2 Å². The molecule has 0 aromatic carbocycles. The number of carbonyl (C=O) groups excluding carboxylic acids is 2. The molecule has 6 nitrogen and oxygen atoms in total. The van der Waals surface area contributed by atoms with Gasteiger partial charge in [0.25, 0.3) is 0 Å². The van der Waals surface area contributed by atoms with Gasteiger partial charge in [-0.15, -0.1) is 0 Å². The number of esters is 1. The van der Waals surface area contributed by atoms with Crippen LogP contribution in [0, 0.1) is 0 Å². The van der Waals surface area contributed by atoms with Crippen LogP contribution >= 0.6 is 0 Å². The summed E-state index contributed by atoms with van der Waals surface area (Å²) in [6.45, 7) is 4.94. The standard InChI is InChI=1S/C73H143NO5/c1-3-5-7-9-11-13-15-17-43-47-51-55-59-63-67-73(78)79-68-64-60-56-52-48-44-40-38-36-34-32-30-28-26-24-22-20-18-19-21-23-25-27-29-31-33-35-37-39-42-46-50-54-58-62-66-72(77)74-70(69-75)71(76)65-61-57-53-49-45-41-16-14-12-10-8-6-4-2/h61,65,70-71,75-76H,3-60,62-64,66-69H2,1-2H3,(H,74,77)/b65-61+. The number of ether oxygens (including phenoxy) is 1. The van der Waals surface area contributed by atoms with Crippen molar-refractivity contribution in [1.82, 2.24) is 5.32 Å². The third kappa shape index (κ3) is 65.6. The SMILES string of the molecule is CCCCCCCCCCCCC/C=C/C(O)C(CO)NC(=O)CCCCCCCCCCCCCCCCCCCCCCCCCCCCCCCCCCCCCOC(=O)CCCCCCCCCCCCCCCC. The normalized spacial score (nSPS) is 12.5. The Bertz CT molecular complexity index is 1190. The van der Waals surface area contributed by atoms with E-state index in [2.05, 4.69) is 19.2 Å². The quantitative estimate of drug-likeness (QED) is 0.0320. The molecule has 0 bridgehead atoms. The van der Waals surface area contributed by atoms with Crippen molar-refractivity contribution in [2.45, 2.75) is 431 Å². The first-order valence-corrected chi connectivity index (χ1v) is 36.5. The van der Waals surface area contributed by atoms with Crippen LogP contribution in [0.3, 0.4) is 0 Å². The maximum Gasteiger partial charge on any atom is 0.305 e. The highest BCUT2D eigenvalue weighted by Crippen LogP contribution is 2.20. The maximum atomic E-state index is 12.5. The van der Waals surface area contributed by atoms with E-state index in [0.717, 1.165) is 38.5 Å². The Kier molecular flexibility index (Phi) is 67.9. The Labute approximate surface area is 495 Å². The molecule has 0 heterocycles. The molecule has 79 heavy (non-hydrogen) atoms. The lowest BCUT2D eigenvalue weighted by molar-refractivity contribution is -0.143. The molecule has 0 aromatic heterocycles. The fraction of sp³-hybridized carbons (Fsp3) is 0.945. The van der Waals surface area contributed by atoms with E-state index in [0.29, 0.717) is 19.4 Å². The van der Waals surface area contributed by atoms with Crippen LogP contribution in [0.2, 0.25) is 0 Å². The molecule has 0 aromatic rings. The fourth-order valence-electron chi connectivity index (χ4n) is 11.8. The molecular weight excluding hydrogens is 971 g/mol. The van der Waals surface area contributed by atoms with E-state index in [9.17, 15) is 19.8 Å². The lowest BCUT2D eigenvalue weighted by atomic mass is 10.0. The molecule has 0 radical (unpaired) electrons. The number of hydrogen-bond donors (Lipinski definition) is 3. The summed E-state index contributed by atoms with van der Waals surface area (Å²) >= 11 is 0. The van der Waals surface area contributed by atoms with Crippen LogP contribution in [-0.4, -0.2) is 47.4 Å². The van der Waals surface area contributed by atoms with Gasteiger partial charge in [-0.3, -0.25) is 9.59 Å². The van der Waals surface area contributed by atoms with Gasteiger partial charge < -0.3 is 20.3 Å². The molecule has 0 spiro atoms. The molecular formula is C73H143NO5. The summed E-state index contributed by atoms with van der Waals surface area (Å²) in [5.74, 6) is -0.0350. The first-order chi connectivity index (χ1) is 39.0. The largest absolute Gasteiger partial charge is 0.466 e. The number of nitrogens with one attached hydrogen (secondary N) is 1. The van der Waals surface area contributed by atoms with Crippen LogP contribution in [0.4, 0.5) is 0 Å². The number of carbonyl (C=O) groups is 2. The van der Waals surface area contributed by atoms with Crippen LogP contribution < -0.4 is 5.32 Å². The Morgan fingerprint density at radius 3 is 0.861 bits per heavy atom. The first-order valence-electron chi connectivity index (χ1n) is 36.5. The predicted molar refractivity (Wildman–Crippen MR) is 347 cm³/mol. The van der Waals surface area contributed by atoms with Gasteiger partial charge in [0.1, 0.15) is 0 Å². The van der Waals surface area contributed by atoms with Gasteiger partial charge >= 0.3 is 5.97 Å². The lowest BCUT2D eigenvalue weighted by Gasteiger charge is -2.20. The van der Waals surface area contributed by atoms with E-state index in [4.69, 9.17) is 4.74 Å². The van der Waals surface area contributed by atoms with Crippen LogP contribution in [0.5, 0.6) is 0 Å². The Morgan fingerprint density at radius 2 is 0.582 bits per heavy atom. The van der Waals surface area contributed by atoms with E-state index >= 15 is 0 Å². The van der Waals surface area contributed by atoms with Crippen LogP contribution in [0.25, 0.3) is 0 Å². The van der Waals surface area contributed by atoms with Crippen molar-refractivity contribution < 1.29 is 24.5 Å². The van der Waals surface area contributed by atoms with Gasteiger partial charge in [-0.25, -0.2) is 0 Å². The smallest absolute Gasteiger partial charge is 0.305 e. The number of aliphatic hydroxyl groups excluding tert-OH is 2. The summed E-state index contributed by atoms with van der Waals surface area (Å²) in [4.78, 5) is 24.5. The average Bonchev–Trinajstić information content (AvgIpc) is 3.45. The van der Waals surface area contributed by atoms with Crippen LogP contribution in [-0.2, 0) is 14.3 Å². The topological polar surface area (TPSA) is 95.9 Å². The van der Waals surface area contributed by atoms with Crippen molar-refractivity contribution in [2.75, 3.05) is 13.2 Å². The first kappa shape index (κ1) is 77.6. The molecule has 0 saturated heterocycles. The summed E-state index contributed by atoms with van der Waals surface area (Å²) < 4.78 is 5.50. The van der Waals surface area contributed by atoms with Crippen molar-refractivity contribution in [3.63, 3.8) is 0 Å². The molecule has 1 amide bonds. The number of allylic oxidation sites excluding steroid dienone is 1. The van der Waals surface area contributed by atoms with Gasteiger partial charge in [0.05, 0.1) is 25.4 Å². The Morgan fingerprint density at radius 1 is 0.342 bits per heavy atom. The number of unbranched alkanes of at least 4 members (excludes halogenated alkanes) is 58. The van der Waals surface area contributed by atoms with Crippen molar-refractivity contribution in [3.8, 4) is 0 Å². The molecule has 2 atom stereocenters. The molecule has 0 saturated carbocycles. The fourth-order valence-corrected chi connectivity index (χ4v) is 11.8. The zero-order chi connectivity index (χ0) is 57.1. The third-order valence-corrected chi connectivity index (χ3v) is 17.3. The summed E-state index contributed by atoms with van der Waals surface area (Å²) in [5, 5.41) is 23.1. The van der Waals surface area contributed by atoms with Crippen molar-refractivity contribution in [3.05, 3.63) is 12.2 Å². The monoisotopic (exact) mass is 1110 g/mol. The van der Waals surface area contributed by atoms with Gasteiger partial charge in [-0.2, -0.15) is 0 Å². The summed E-state index contributed by atoms with van der Waals surface area (Å²) in [5.41, 5.74) is 0. The van der Waals surface area contributed by atoms with Crippen LogP contribution in [0.1, 0.15) is 418 Å². The van der Waals surface area contributed by atoms with E-state index in [-0.39, 0.29) is 18.5 Å². The van der Waals surface area contributed by atoms with E-state index in [1.165, 1.54) is 353 Å². The average molecular weight is 1110 g/mol. The Balaban J connectivity index is 3.29. The van der Waals surface area contributed by atoms with Gasteiger partial charge in [0.15, 0.2) is 0 Å². The second-order valence-corrected chi connectivity index (χ2v) is 25.3. The highest BCUT2D eigenvalue weighted by Gasteiger charge is 2.18. The summed E-state index contributed by atoms with van der Waals surface area (Å²) in [7, 11) is 0. The lowest BCUT2D eigenvalue weighted by Crippen LogP contribution is -2.45. The second kappa shape index (κ2) is 69.1. The molecule has 0 rings (SSSR count). The van der Waals surface area contributed by atoms with E-state index < -0.39 is 12.1 Å². The predicted octanol–water partition coefficient (Wildman–Crippen LogP) is 23.5. The van der Waals surface area contributed by atoms with Crippen molar-refractivity contribution in [1.29, 1.82) is 0 Å². The molecule has 2 unspecified atom stereocenters. The molecule has 0 aliphatic carbocycles. The molecule has 0 fully saturated rings. The number of rotatable bonds is 69. The minimum Gasteiger partial charge on any atom is -0.466 e. The minimum atomic E-state index is -0.839. The molecule has 6 heteroatoms.